The monoisotopic (exact) mass is 313 g/mol. The SMILES string of the molecule is COc1cc(C=NN)ccc1OCC(=O)NCc1ccccc1. The number of benzene rings is 2. The lowest BCUT2D eigenvalue weighted by Crippen LogP contribution is -2.28. The first-order chi connectivity index (χ1) is 11.2. The van der Waals surface area contributed by atoms with Gasteiger partial charge in [0.25, 0.3) is 5.91 Å². The quantitative estimate of drug-likeness (QED) is 0.463. The van der Waals surface area contributed by atoms with E-state index in [0.29, 0.717) is 18.0 Å². The molecule has 0 heterocycles. The van der Waals surface area contributed by atoms with Crippen LogP contribution in [0.4, 0.5) is 0 Å². The maximum absolute atomic E-state index is 11.8. The molecule has 0 aliphatic carbocycles. The first-order valence-electron chi connectivity index (χ1n) is 7.07. The van der Waals surface area contributed by atoms with E-state index in [1.165, 1.54) is 13.3 Å². The number of nitrogens with two attached hydrogens (primary N) is 1. The Morgan fingerprint density at radius 2 is 2.00 bits per heavy atom. The molecule has 0 fully saturated rings. The van der Waals surface area contributed by atoms with Crippen molar-refractivity contribution in [2.24, 2.45) is 10.9 Å². The lowest BCUT2D eigenvalue weighted by Gasteiger charge is -2.11. The van der Waals surface area contributed by atoms with Gasteiger partial charge in [-0.3, -0.25) is 4.79 Å². The molecule has 0 spiro atoms. The van der Waals surface area contributed by atoms with Crippen molar-refractivity contribution in [3.05, 3.63) is 59.7 Å². The Kier molecular flexibility index (Phi) is 5.99. The number of nitrogens with one attached hydrogen (secondary N) is 1. The summed E-state index contributed by atoms with van der Waals surface area (Å²) >= 11 is 0. The summed E-state index contributed by atoms with van der Waals surface area (Å²) < 4.78 is 10.7. The van der Waals surface area contributed by atoms with Crippen LogP contribution in [0, 0.1) is 0 Å². The highest BCUT2D eigenvalue weighted by Gasteiger charge is 2.08. The van der Waals surface area contributed by atoms with E-state index < -0.39 is 0 Å². The molecule has 0 saturated carbocycles. The number of ether oxygens (including phenoxy) is 2. The van der Waals surface area contributed by atoms with Gasteiger partial charge in [-0.15, -0.1) is 0 Å². The van der Waals surface area contributed by atoms with Gasteiger partial charge in [-0.05, 0) is 29.3 Å². The fraction of sp³-hybridized carbons (Fsp3) is 0.176. The number of amides is 1. The first kappa shape index (κ1) is 16.4. The molecule has 6 nitrogen and oxygen atoms in total. The molecular formula is C17H19N3O3. The van der Waals surface area contributed by atoms with Gasteiger partial charge in [0.1, 0.15) is 0 Å². The fourth-order valence-corrected chi connectivity index (χ4v) is 1.96. The molecule has 0 bridgehead atoms. The second-order valence-electron chi connectivity index (χ2n) is 4.74. The minimum absolute atomic E-state index is 0.0898. The zero-order chi connectivity index (χ0) is 16.5. The van der Waals surface area contributed by atoms with Crippen LogP contribution in [0.25, 0.3) is 0 Å². The number of carbonyl (C=O) groups excluding carboxylic acids is 1. The third-order valence-electron chi connectivity index (χ3n) is 3.10. The zero-order valence-electron chi connectivity index (χ0n) is 12.9. The molecule has 0 unspecified atom stereocenters. The molecule has 0 radical (unpaired) electrons. The van der Waals surface area contributed by atoms with E-state index in [1.54, 1.807) is 18.2 Å². The average molecular weight is 313 g/mol. The molecule has 2 rings (SSSR count). The second kappa shape index (κ2) is 8.43. The number of carbonyl (C=O) groups is 1. The molecule has 1 amide bonds. The van der Waals surface area contributed by atoms with Crippen LogP contribution < -0.4 is 20.6 Å². The molecule has 0 aromatic heterocycles. The van der Waals surface area contributed by atoms with Gasteiger partial charge in [-0.1, -0.05) is 30.3 Å². The predicted octanol–water partition coefficient (Wildman–Crippen LogP) is 1.68. The summed E-state index contributed by atoms with van der Waals surface area (Å²) in [5, 5.41) is 6.25. The molecule has 0 aliphatic heterocycles. The first-order valence-corrected chi connectivity index (χ1v) is 7.07. The third kappa shape index (κ3) is 5.03. The minimum Gasteiger partial charge on any atom is -0.493 e. The highest BCUT2D eigenvalue weighted by atomic mass is 16.5. The normalized spacial score (nSPS) is 10.5. The van der Waals surface area contributed by atoms with E-state index in [2.05, 4.69) is 10.4 Å². The number of rotatable bonds is 7. The summed E-state index contributed by atoms with van der Waals surface area (Å²) in [6.07, 6.45) is 1.50. The number of methoxy groups -OCH3 is 1. The summed E-state index contributed by atoms with van der Waals surface area (Å²) in [7, 11) is 1.53. The fourth-order valence-electron chi connectivity index (χ4n) is 1.96. The molecule has 0 aliphatic rings. The van der Waals surface area contributed by atoms with Crippen LogP contribution in [0.1, 0.15) is 11.1 Å². The summed E-state index contributed by atoms with van der Waals surface area (Å²) in [6.45, 7) is 0.375. The summed E-state index contributed by atoms with van der Waals surface area (Å²) in [5.74, 6) is 5.90. The van der Waals surface area contributed by atoms with E-state index in [4.69, 9.17) is 15.3 Å². The number of hydrogen-bond donors (Lipinski definition) is 2. The Bertz CT molecular complexity index is 672. The van der Waals surface area contributed by atoms with Crippen molar-refractivity contribution < 1.29 is 14.3 Å². The van der Waals surface area contributed by atoms with Gasteiger partial charge in [-0.25, -0.2) is 0 Å². The average Bonchev–Trinajstić information content (AvgIpc) is 2.59. The Hall–Kier alpha value is -3.02. The smallest absolute Gasteiger partial charge is 0.258 e. The number of hydrogen-bond acceptors (Lipinski definition) is 5. The third-order valence-corrected chi connectivity index (χ3v) is 3.10. The molecule has 23 heavy (non-hydrogen) atoms. The van der Waals surface area contributed by atoms with E-state index in [1.807, 2.05) is 30.3 Å². The maximum atomic E-state index is 11.8. The van der Waals surface area contributed by atoms with Gasteiger partial charge in [0.05, 0.1) is 13.3 Å². The topological polar surface area (TPSA) is 85.9 Å². The standard InChI is InChI=1S/C17H19N3O3/c1-22-16-9-14(11-20-18)7-8-15(16)23-12-17(21)19-10-13-5-3-2-4-6-13/h2-9,11H,10,12,18H2,1H3,(H,19,21). The summed E-state index contributed by atoms with van der Waals surface area (Å²) in [4.78, 5) is 11.8. The van der Waals surface area contributed by atoms with Crippen LogP contribution in [0.3, 0.4) is 0 Å². The Balaban J connectivity index is 1.88. The van der Waals surface area contributed by atoms with Gasteiger partial charge in [0, 0.05) is 6.54 Å². The van der Waals surface area contributed by atoms with Crippen LogP contribution in [-0.4, -0.2) is 25.8 Å². The molecular weight excluding hydrogens is 294 g/mol. The van der Waals surface area contributed by atoms with Crippen LogP contribution in [-0.2, 0) is 11.3 Å². The van der Waals surface area contributed by atoms with E-state index in [-0.39, 0.29) is 12.5 Å². The molecule has 6 heteroatoms. The van der Waals surface area contributed by atoms with Gasteiger partial charge in [-0.2, -0.15) is 5.10 Å². The maximum Gasteiger partial charge on any atom is 0.258 e. The summed E-state index contributed by atoms with van der Waals surface area (Å²) in [5.41, 5.74) is 1.81. The Morgan fingerprint density at radius 1 is 1.22 bits per heavy atom. The minimum atomic E-state index is -0.205. The largest absolute Gasteiger partial charge is 0.493 e. The lowest BCUT2D eigenvalue weighted by molar-refractivity contribution is -0.123. The van der Waals surface area contributed by atoms with Crippen molar-refractivity contribution in [1.82, 2.24) is 5.32 Å². The van der Waals surface area contributed by atoms with Crippen molar-refractivity contribution in [1.29, 1.82) is 0 Å². The molecule has 2 aromatic rings. The highest BCUT2D eigenvalue weighted by Crippen LogP contribution is 2.27. The van der Waals surface area contributed by atoms with Crippen LogP contribution >= 0.6 is 0 Å². The van der Waals surface area contributed by atoms with Crippen LogP contribution in [0.2, 0.25) is 0 Å². The molecule has 120 valence electrons. The second-order valence-corrected chi connectivity index (χ2v) is 4.74. The summed E-state index contributed by atoms with van der Waals surface area (Å²) in [6, 6.07) is 14.9. The van der Waals surface area contributed by atoms with Gasteiger partial charge in [0.15, 0.2) is 18.1 Å². The molecule has 3 N–H and O–H groups in total. The number of hydrazone groups is 1. The van der Waals surface area contributed by atoms with Crippen LogP contribution in [0.5, 0.6) is 11.5 Å². The Labute approximate surface area is 134 Å². The van der Waals surface area contributed by atoms with E-state index in [9.17, 15) is 4.79 Å². The van der Waals surface area contributed by atoms with Crippen molar-refractivity contribution in [2.45, 2.75) is 6.54 Å². The van der Waals surface area contributed by atoms with Crippen molar-refractivity contribution in [2.75, 3.05) is 13.7 Å². The Morgan fingerprint density at radius 3 is 2.70 bits per heavy atom. The predicted molar refractivity (Wildman–Crippen MR) is 88.6 cm³/mol. The molecule has 0 atom stereocenters. The van der Waals surface area contributed by atoms with Crippen molar-refractivity contribution in [3.63, 3.8) is 0 Å². The van der Waals surface area contributed by atoms with Gasteiger partial charge < -0.3 is 20.6 Å². The van der Waals surface area contributed by atoms with Crippen LogP contribution in [0.15, 0.2) is 53.6 Å². The van der Waals surface area contributed by atoms with Crippen molar-refractivity contribution in [3.8, 4) is 11.5 Å². The van der Waals surface area contributed by atoms with E-state index >= 15 is 0 Å². The highest BCUT2D eigenvalue weighted by molar-refractivity contribution is 5.81. The van der Waals surface area contributed by atoms with Gasteiger partial charge >= 0.3 is 0 Å². The van der Waals surface area contributed by atoms with Crippen molar-refractivity contribution >= 4 is 12.1 Å². The van der Waals surface area contributed by atoms with E-state index in [0.717, 1.165) is 11.1 Å². The number of nitrogens with zero attached hydrogens (tertiary/aromatic N) is 1. The zero-order valence-corrected chi connectivity index (χ0v) is 12.9. The molecule has 0 saturated heterocycles. The lowest BCUT2D eigenvalue weighted by atomic mass is 10.2. The van der Waals surface area contributed by atoms with Gasteiger partial charge in [0.2, 0.25) is 0 Å². The molecule has 2 aromatic carbocycles.